The van der Waals surface area contributed by atoms with Gasteiger partial charge in [-0.2, -0.15) is 0 Å². The maximum Gasteiger partial charge on any atom is 0.329 e. The van der Waals surface area contributed by atoms with Gasteiger partial charge in [-0.25, -0.2) is 4.79 Å². The molecule has 0 amide bonds. The summed E-state index contributed by atoms with van der Waals surface area (Å²) in [6.45, 7) is 1.67. The van der Waals surface area contributed by atoms with Crippen molar-refractivity contribution in [3.05, 3.63) is 98.2 Å². The first-order chi connectivity index (χ1) is 14.1. The van der Waals surface area contributed by atoms with Crippen molar-refractivity contribution in [2.24, 2.45) is 7.05 Å². The Morgan fingerprint density at radius 2 is 1.52 bits per heavy atom. The van der Waals surface area contributed by atoms with E-state index in [1.165, 1.54) is 15.7 Å². The number of nitrogens with one attached hydrogen (secondary N) is 1. The summed E-state index contributed by atoms with van der Waals surface area (Å²) in [6, 6.07) is 20.7. The summed E-state index contributed by atoms with van der Waals surface area (Å²) in [7, 11) is 1.54. The van der Waals surface area contributed by atoms with Gasteiger partial charge < -0.3 is 4.90 Å². The second kappa shape index (κ2) is 8.52. The van der Waals surface area contributed by atoms with E-state index in [0.717, 1.165) is 32.4 Å². The van der Waals surface area contributed by atoms with Crippen LogP contribution in [0.2, 0.25) is 0 Å². The zero-order valence-corrected chi connectivity index (χ0v) is 16.8. The van der Waals surface area contributed by atoms with E-state index in [0.29, 0.717) is 23.7 Å². The van der Waals surface area contributed by atoms with Gasteiger partial charge in [0.2, 0.25) is 0 Å². The van der Waals surface area contributed by atoms with Gasteiger partial charge in [0.05, 0.1) is 5.56 Å². The molecule has 0 radical (unpaired) electrons. The number of nitrogens with zero attached hydrogens (tertiary/aromatic N) is 2. The molecule has 150 valence electrons. The van der Waals surface area contributed by atoms with Crippen LogP contribution >= 0.6 is 0 Å². The van der Waals surface area contributed by atoms with Crippen LogP contribution in [0, 0.1) is 0 Å². The Balaban J connectivity index is 1.57. The zero-order chi connectivity index (χ0) is 20.2. The van der Waals surface area contributed by atoms with Crippen LogP contribution in [0.15, 0.2) is 70.3 Å². The van der Waals surface area contributed by atoms with Crippen molar-refractivity contribution >= 4 is 5.82 Å². The number of piperidine rings is 1. The molecule has 0 aliphatic carbocycles. The average molecular weight is 389 g/mol. The maximum atomic E-state index is 12.9. The molecule has 4 rings (SSSR count). The van der Waals surface area contributed by atoms with Crippen LogP contribution in [0.1, 0.15) is 35.4 Å². The summed E-state index contributed by atoms with van der Waals surface area (Å²) in [5.74, 6) is 1.24. The minimum atomic E-state index is -0.348. The van der Waals surface area contributed by atoms with E-state index in [-0.39, 0.29) is 11.2 Å². The predicted molar refractivity (Wildman–Crippen MR) is 117 cm³/mol. The van der Waals surface area contributed by atoms with Gasteiger partial charge in [0.15, 0.2) is 0 Å². The number of hydrogen-bond donors (Lipinski definition) is 1. The number of aromatic amines is 1. The molecule has 0 bridgehead atoms. The molecule has 3 aromatic rings. The molecular weight excluding hydrogens is 362 g/mol. The molecule has 5 nitrogen and oxygen atoms in total. The number of H-pyrrole nitrogens is 1. The van der Waals surface area contributed by atoms with E-state index < -0.39 is 0 Å². The molecule has 1 N–H and O–H groups in total. The van der Waals surface area contributed by atoms with Gasteiger partial charge in [-0.1, -0.05) is 60.7 Å². The van der Waals surface area contributed by atoms with Crippen LogP contribution < -0.4 is 16.1 Å². The Bertz CT molecular complexity index is 1060. The number of aryl methyl sites for hydroxylation is 1. The number of rotatable bonds is 5. The van der Waals surface area contributed by atoms with E-state index >= 15 is 0 Å². The number of hydrogen-bond acceptors (Lipinski definition) is 3. The third kappa shape index (κ3) is 4.19. The fraction of sp³-hybridized carbons (Fsp3) is 0.333. The van der Waals surface area contributed by atoms with Crippen LogP contribution in [0.3, 0.4) is 0 Å². The second-order valence-corrected chi connectivity index (χ2v) is 7.78. The molecule has 0 atom stereocenters. The molecule has 29 heavy (non-hydrogen) atoms. The summed E-state index contributed by atoms with van der Waals surface area (Å²) in [4.78, 5) is 30.3. The standard InChI is InChI=1S/C24H27N3O2/c1-26-23(28)21(13-12-18-8-4-2-5-9-18)22(25-24(26)29)27-16-14-20(15-17-27)19-10-6-3-7-11-19/h2-11,20H,12-17H2,1H3,(H,25,29). The molecule has 2 aromatic carbocycles. The van der Waals surface area contributed by atoms with Crippen LogP contribution in [0.5, 0.6) is 0 Å². The van der Waals surface area contributed by atoms with Gasteiger partial charge in [0.1, 0.15) is 5.82 Å². The molecule has 1 saturated heterocycles. The molecular formula is C24H27N3O2. The van der Waals surface area contributed by atoms with Gasteiger partial charge in [0.25, 0.3) is 5.56 Å². The highest BCUT2D eigenvalue weighted by molar-refractivity contribution is 5.47. The quantitative estimate of drug-likeness (QED) is 0.729. The monoisotopic (exact) mass is 389 g/mol. The highest BCUT2D eigenvalue weighted by Crippen LogP contribution is 2.30. The van der Waals surface area contributed by atoms with E-state index in [2.05, 4.69) is 46.3 Å². The second-order valence-electron chi connectivity index (χ2n) is 7.78. The topological polar surface area (TPSA) is 58.1 Å². The van der Waals surface area contributed by atoms with Gasteiger partial charge in [-0.3, -0.25) is 14.3 Å². The lowest BCUT2D eigenvalue weighted by molar-refractivity contribution is 0.499. The fourth-order valence-electron chi connectivity index (χ4n) is 4.23. The van der Waals surface area contributed by atoms with Crippen LogP contribution in [0.25, 0.3) is 0 Å². The fourth-order valence-corrected chi connectivity index (χ4v) is 4.23. The van der Waals surface area contributed by atoms with Crippen molar-refractivity contribution in [1.82, 2.24) is 9.55 Å². The SMILES string of the molecule is Cn1c(=O)[nH]c(N2CCC(c3ccccc3)CC2)c(CCc2ccccc2)c1=O. The van der Waals surface area contributed by atoms with Crippen molar-refractivity contribution in [3.63, 3.8) is 0 Å². The highest BCUT2D eigenvalue weighted by Gasteiger charge is 2.24. The molecule has 0 unspecified atom stereocenters. The Kier molecular flexibility index (Phi) is 5.65. The van der Waals surface area contributed by atoms with Gasteiger partial charge in [0, 0.05) is 20.1 Å². The van der Waals surface area contributed by atoms with Gasteiger partial charge in [-0.05, 0) is 42.7 Å². The smallest absolute Gasteiger partial charge is 0.329 e. The first kappa shape index (κ1) is 19.2. The third-order valence-electron chi connectivity index (χ3n) is 5.97. The first-order valence-corrected chi connectivity index (χ1v) is 10.3. The minimum absolute atomic E-state index is 0.190. The number of benzene rings is 2. The Hall–Kier alpha value is -3.08. The molecule has 0 spiro atoms. The van der Waals surface area contributed by atoms with E-state index in [1.54, 1.807) is 7.05 Å². The lowest BCUT2D eigenvalue weighted by Gasteiger charge is -2.34. The third-order valence-corrected chi connectivity index (χ3v) is 5.97. The highest BCUT2D eigenvalue weighted by atomic mass is 16.2. The van der Waals surface area contributed by atoms with Crippen molar-refractivity contribution in [1.29, 1.82) is 0 Å². The predicted octanol–water partition coefficient (Wildman–Crippen LogP) is 3.24. The van der Waals surface area contributed by atoms with Crippen molar-refractivity contribution < 1.29 is 0 Å². The van der Waals surface area contributed by atoms with Gasteiger partial charge in [-0.15, -0.1) is 0 Å². The zero-order valence-electron chi connectivity index (χ0n) is 16.8. The van der Waals surface area contributed by atoms with Gasteiger partial charge >= 0.3 is 5.69 Å². The minimum Gasteiger partial charge on any atom is -0.358 e. The largest absolute Gasteiger partial charge is 0.358 e. The van der Waals surface area contributed by atoms with Crippen LogP contribution in [-0.2, 0) is 19.9 Å². The summed E-state index contributed by atoms with van der Waals surface area (Å²) in [5.41, 5.74) is 2.72. The lowest BCUT2D eigenvalue weighted by Crippen LogP contribution is -2.41. The number of aromatic nitrogens is 2. The van der Waals surface area contributed by atoms with Crippen molar-refractivity contribution in [2.45, 2.75) is 31.6 Å². The van der Waals surface area contributed by atoms with E-state index in [9.17, 15) is 9.59 Å². The summed E-state index contributed by atoms with van der Waals surface area (Å²) < 4.78 is 1.18. The Morgan fingerprint density at radius 3 is 2.17 bits per heavy atom. The van der Waals surface area contributed by atoms with Crippen molar-refractivity contribution in [3.8, 4) is 0 Å². The first-order valence-electron chi connectivity index (χ1n) is 10.3. The molecule has 0 saturated carbocycles. The Morgan fingerprint density at radius 1 is 0.897 bits per heavy atom. The van der Waals surface area contributed by atoms with Crippen molar-refractivity contribution in [2.75, 3.05) is 18.0 Å². The molecule has 1 aliphatic rings. The Labute approximate surface area is 170 Å². The molecule has 1 aliphatic heterocycles. The molecule has 1 aromatic heterocycles. The average Bonchev–Trinajstić information content (AvgIpc) is 2.78. The molecule has 1 fully saturated rings. The lowest BCUT2D eigenvalue weighted by atomic mass is 9.89. The maximum absolute atomic E-state index is 12.9. The van der Waals surface area contributed by atoms with Crippen LogP contribution in [0.4, 0.5) is 5.82 Å². The summed E-state index contributed by atoms with van der Waals surface area (Å²) >= 11 is 0. The normalized spacial score (nSPS) is 14.9. The van der Waals surface area contributed by atoms with Crippen LogP contribution in [-0.4, -0.2) is 22.6 Å². The summed E-state index contributed by atoms with van der Waals surface area (Å²) in [6.07, 6.45) is 3.41. The van der Waals surface area contributed by atoms with E-state index in [4.69, 9.17) is 0 Å². The molecule has 2 heterocycles. The van der Waals surface area contributed by atoms with E-state index in [1.807, 2.05) is 24.3 Å². The molecule has 5 heteroatoms. The summed E-state index contributed by atoms with van der Waals surface area (Å²) in [5, 5.41) is 0. The number of anilines is 1.